The van der Waals surface area contributed by atoms with Gasteiger partial charge in [0.1, 0.15) is 0 Å². The molecular weight excluding hydrogens is 278 g/mol. The smallest absolute Gasteiger partial charge is 0.0390 e. The average molecular weight is 303 g/mol. The Morgan fingerprint density at radius 1 is 0.783 bits per heavy atom. The molecule has 0 fully saturated rings. The molecular formula is C22H25N. The maximum atomic E-state index is 3.81. The number of nitrogens with one attached hydrogen (secondary N) is 1. The lowest BCUT2D eigenvalue weighted by atomic mass is 9.83. The molecule has 1 aliphatic heterocycles. The molecule has 0 amide bonds. The number of hydrogen-bond acceptors (Lipinski definition) is 1. The van der Waals surface area contributed by atoms with Crippen molar-refractivity contribution < 1.29 is 0 Å². The highest BCUT2D eigenvalue weighted by atomic mass is 15.1. The van der Waals surface area contributed by atoms with Crippen LogP contribution in [0.5, 0.6) is 0 Å². The van der Waals surface area contributed by atoms with E-state index < -0.39 is 0 Å². The van der Waals surface area contributed by atoms with Gasteiger partial charge in [0.15, 0.2) is 0 Å². The van der Waals surface area contributed by atoms with E-state index >= 15 is 0 Å². The summed E-state index contributed by atoms with van der Waals surface area (Å²) >= 11 is 0. The Morgan fingerprint density at radius 2 is 1.43 bits per heavy atom. The van der Waals surface area contributed by atoms with E-state index in [-0.39, 0.29) is 11.1 Å². The first-order chi connectivity index (χ1) is 10.8. The minimum absolute atomic E-state index is 0.00250. The van der Waals surface area contributed by atoms with Gasteiger partial charge in [0, 0.05) is 11.1 Å². The van der Waals surface area contributed by atoms with Gasteiger partial charge < -0.3 is 0 Å². The predicted octanol–water partition coefficient (Wildman–Crippen LogP) is 5.19. The fourth-order valence-electron chi connectivity index (χ4n) is 4.65. The van der Waals surface area contributed by atoms with E-state index in [1.54, 1.807) is 0 Å². The minimum Gasteiger partial charge on any atom is -0.299 e. The van der Waals surface area contributed by atoms with Crippen molar-refractivity contribution >= 4 is 5.57 Å². The van der Waals surface area contributed by atoms with Gasteiger partial charge in [-0.3, -0.25) is 5.32 Å². The summed E-state index contributed by atoms with van der Waals surface area (Å²) in [7, 11) is 0. The van der Waals surface area contributed by atoms with Crippen LogP contribution in [0.3, 0.4) is 0 Å². The molecule has 0 bridgehead atoms. The van der Waals surface area contributed by atoms with Crippen LogP contribution in [0.2, 0.25) is 0 Å². The SMILES string of the molecule is CC1=C(c2cccc3c2Cc2ccccc2-3)C(C)(C)NC1(C)C. The molecule has 2 aromatic rings. The summed E-state index contributed by atoms with van der Waals surface area (Å²) < 4.78 is 0. The molecule has 23 heavy (non-hydrogen) atoms. The van der Waals surface area contributed by atoms with Crippen LogP contribution in [-0.4, -0.2) is 11.1 Å². The highest BCUT2D eigenvalue weighted by molar-refractivity contribution is 5.88. The fraction of sp³-hybridized carbons (Fsp3) is 0.364. The number of hydrogen-bond donors (Lipinski definition) is 1. The second kappa shape index (κ2) is 4.58. The van der Waals surface area contributed by atoms with Crippen molar-refractivity contribution in [2.75, 3.05) is 0 Å². The highest BCUT2D eigenvalue weighted by Gasteiger charge is 2.42. The summed E-state index contributed by atoms with van der Waals surface area (Å²) in [5, 5.41) is 3.81. The monoisotopic (exact) mass is 303 g/mol. The van der Waals surface area contributed by atoms with Crippen LogP contribution in [0, 0.1) is 0 Å². The molecule has 2 aromatic carbocycles. The van der Waals surface area contributed by atoms with Crippen molar-refractivity contribution in [1.82, 2.24) is 5.32 Å². The summed E-state index contributed by atoms with van der Waals surface area (Å²) in [6.45, 7) is 11.5. The van der Waals surface area contributed by atoms with E-state index in [9.17, 15) is 0 Å². The van der Waals surface area contributed by atoms with Crippen molar-refractivity contribution in [3.63, 3.8) is 0 Å². The standard InChI is InChI=1S/C22H25N/c1-14-20(22(4,5)23-21(14,2)3)18-12-8-11-17-16-10-7-6-9-15(16)13-19(17)18/h6-12,23H,13H2,1-5H3. The van der Waals surface area contributed by atoms with Gasteiger partial charge in [0.05, 0.1) is 0 Å². The van der Waals surface area contributed by atoms with Crippen molar-refractivity contribution in [2.24, 2.45) is 0 Å². The van der Waals surface area contributed by atoms with Crippen molar-refractivity contribution in [2.45, 2.75) is 52.1 Å². The number of fused-ring (bicyclic) bond motifs is 3. The van der Waals surface area contributed by atoms with E-state index in [4.69, 9.17) is 0 Å². The van der Waals surface area contributed by atoms with Crippen LogP contribution in [0.1, 0.15) is 51.3 Å². The van der Waals surface area contributed by atoms with Gasteiger partial charge >= 0.3 is 0 Å². The number of benzene rings is 2. The molecule has 0 radical (unpaired) electrons. The van der Waals surface area contributed by atoms with Crippen molar-refractivity contribution in [3.8, 4) is 11.1 Å². The Balaban J connectivity index is 1.95. The van der Waals surface area contributed by atoms with Crippen LogP contribution in [0.15, 0.2) is 48.0 Å². The summed E-state index contributed by atoms with van der Waals surface area (Å²) in [6.07, 6.45) is 1.05. The fourth-order valence-corrected chi connectivity index (χ4v) is 4.65. The van der Waals surface area contributed by atoms with Gasteiger partial charge in [0.2, 0.25) is 0 Å². The van der Waals surface area contributed by atoms with E-state index in [2.05, 4.69) is 82.4 Å². The predicted molar refractivity (Wildman–Crippen MR) is 98.6 cm³/mol. The molecule has 0 aromatic heterocycles. The van der Waals surface area contributed by atoms with E-state index in [1.807, 2.05) is 0 Å². The minimum atomic E-state index is -0.00250. The zero-order valence-electron chi connectivity index (χ0n) is 14.7. The molecule has 0 spiro atoms. The molecule has 4 rings (SSSR count). The maximum absolute atomic E-state index is 3.81. The molecule has 1 heteroatoms. The second-order valence-corrected chi connectivity index (χ2v) is 8.04. The van der Waals surface area contributed by atoms with E-state index in [0.717, 1.165) is 6.42 Å². The Bertz CT molecular complexity index is 837. The van der Waals surface area contributed by atoms with E-state index in [1.165, 1.54) is 39.0 Å². The van der Waals surface area contributed by atoms with Crippen LogP contribution < -0.4 is 5.32 Å². The zero-order chi connectivity index (χ0) is 16.4. The van der Waals surface area contributed by atoms with Crippen LogP contribution in [0.4, 0.5) is 0 Å². The first-order valence-electron chi connectivity index (χ1n) is 8.53. The lowest BCUT2D eigenvalue weighted by Gasteiger charge is -2.29. The molecule has 1 N–H and O–H groups in total. The van der Waals surface area contributed by atoms with Gasteiger partial charge in [-0.15, -0.1) is 0 Å². The Kier molecular flexibility index (Phi) is 2.93. The quantitative estimate of drug-likeness (QED) is 0.652. The maximum Gasteiger partial charge on any atom is 0.0390 e. The van der Waals surface area contributed by atoms with E-state index in [0.29, 0.717) is 0 Å². The first kappa shape index (κ1) is 14.7. The summed E-state index contributed by atoms with van der Waals surface area (Å²) in [4.78, 5) is 0. The van der Waals surface area contributed by atoms with Gasteiger partial charge in [-0.05, 0) is 80.0 Å². The van der Waals surface area contributed by atoms with Gasteiger partial charge in [-0.2, -0.15) is 0 Å². The summed E-state index contributed by atoms with van der Waals surface area (Å²) in [5.41, 5.74) is 10.2. The topological polar surface area (TPSA) is 12.0 Å². The Morgan fingerprint density at radius 3 is 2.13 bits per heavy atom. The van der Waals surface area contributed by atoms with Gasteiger partial charge in [0.25, 0.3) is 0 Å². The largest absolute Gasteiger partial charge is 0.299 e. The Labute approximate surface area is 139 Å². The number of rotatable bonds is 1. The highest BCUT2D eigenvalue weighted by Crippen LogP contribution is 2.47. The molecule has 0 atom stereocenters. The summed E-state index contributed by atoms with van der Waals surface area (Å²) in [5.74, 6) is 0. The van der Waals surface area contributed by atoms with Crippen LogP contribution >= 0.6 is 0 Å². The lowest BCUT2D eigenvalue weighted by molar-refractivity contribution is 0.392. The van der Waals surface area contributed by atoms with Crippen LogP contribution in [-0.2, 0) is 6.42 Å². The summed E-state index contributed by atoms with van der Waals surface area (Å²) in [6, 6.07) is 15.6. The zero-order valence-corrected chi connectivity index (χ0v) is 14.7. The third-order valence-corrected chi connectivity index (χ3v) is 5.68. The molecule has 0 unspecified atom stereocenters. The molecule has 1 nitrogen and oxygen atoms in total. The molecule has 2 aliphatic rings. The van der Waals surface area contributed by atoms with Gasteiger partial charge in [-0.1, -0.05) is 42.5 Å². The van der Waals surface area contributed by atoms with Crippen molar-refractivity contribution in [3.05, 3.63) is 64.7 Å². The second-order valence-electron chi connectivity index (χ2n) is 8.04. The Hall–Kier alpha value is -1.86. The normalized spacial score (nSPS) is 20.6. The molecule has 0 saturated carbocycles. The molecule has 118 valence electrons. The van der Waals surface area contributed by atoms with Crippen molar-refractivity contribution in [1.29, 1.82) is 0 Å². The average Bonchev–Trinajstić information content (AvgIpc) is 2.92. The van der Waals surface area contributed by atoms with Crippen LogP contribution in [0.25, 0.3) is 16.7 Å². The third kappa shape index (κ3) is 2.03. The third-order valence-electron chi connectivity index (χ3n) is 5.68. The molecule has 1 heterocycles. The van der Waals surface area contributed by atoms with Gasteiger partial charge in [-0.25, -0.2) is 0 Å². The first-order valence-corrected chi connectivity index (χ1v) is 8.53. The molecule has 0 saturated heterocycles. The lowest BCUT2D eigenvalue weighted by Crippen LogP contribution is -2.46. The molecule has 1 aliphatic carbocycles.